The second-order valence-corrected chi connectivity index (χ2v) is 5.82. The summed E-state index contributed by atoms with van der Waals surface area (Å²) in [7, 11) is 1.67. The molecular formula is C18H21FN2OS. The van der Waals surface area contributed by atoms with Crippen LogP contribution >= 0.6 is 12.2 Å². The Labute approximate surface area is 141 Å². The van der Waals surface area contributed by atoms with E-state index in [0.717, 1.165) is 17.7 Å². The molecule has 0 radical (unpaired) electrons. The van der Waals surface area contributed by atoms with Crippen molar-refractivity contribution in [3.63, 3.8) is 0 Å². The van der Waals surface area contributed by atoms with Crippen LogP contribution in [0, 0.1) is 19.7 Å². The molecule has 0 amide bonds. The maximum Gasteiger partial charge on any atom is 0.170 e. The van der Waals surface area contributed by atoms with Crippen molar-refractivity contribution in [1.29, 1.82) is 0 Å². The maximum atomic E-state index is 13.5. The first-order valence-corrected chi connectivity index (χ1v) is 7.85. The minimum absolute atomic E-state index is 0.248. The van der Waals surface area contributed by atoms with Gasteiger partial charge in [-0.15, -0.1) is 0 Å². The zero-order chi connectivity index (χ0) is 16.8. The maximum absolute atomic E-state index is 13.5. The molecule has 0 unspecified atom stereocenters. The monoisotopic (exact) mass is 332 g/mol. The number of thiocarbonyl (C=S) groups is 1. The molecule has 5 heteroatoms. The summed E-state index contributed by atoms with van der Waals surface area (Å²) in [5, 5.41) is 6.58. The van der Waals surface area contributed by atoms with Crippen LogP contribution in [0.25, 0.3) is 0 Å². The van der Waals surface area contributed by atoms with Crippen molar-refractivity contribution in [3.05, 3.63) is 58.9 Å². The highest BCUT2D eigenvalue weighted by Gasteiger charge is 2.05. The topological polar surface area (TPSA) is 33.3 Å². The molecule has 0 aliphatic heterocycles. The van der Waals surface area contributed by atoms with E-state index < -0.39 is 0 Å². The first-order chi connectivity index (χ1) is 11.0. The zero-order valence-electron chi connectivity index (χ0n) is 13.6. The van der Waals surface area contributed by atoms with Gasteiger partial charge in [-0.2, -0.15) is 0 Å². The van der Waals surface area contributed by atoms with Crippen molar-refractivity contribution in [2.75, 3.05) is 19.0 Å². The van der Waals surface area contributed by atoms with E-state index in [1.165, 1.54) is 11.6 Å². The Bertz CT molecular complexity index is 703. The molecular weight excluding hydrogens is 311 g/mol. The molecule has 2 N–H and O–H groups in total. The molecule has 0 aromatic heterocycles. The number of hydrogen-bond acceptors (Lipinski definition) is 2. The second-order valence-electron chi connectivity index (χ2n) is 5.41. The lowest BCUT2D eigenvalue weighted by atomic mass is 10.1. The van der Waals surface area contributed by atoms with Gasteiger partial charge in [0.1, 0.15) is 11.6 Å². The number of anilines is 1. The van der Waals surface area contributed by atoms with Gasteiger partial charge in [-0.1, -0.05) is 23.8 Å². The summed E-state index contributed by atoms with van der Waals surface area (Å²) in [5.74, 6) is 0.624. The third-order valence-corrected chi connectivity index (χ3v) is 3.79. The summed E-state index contributed by atoms with van der Waals surface area (Å²) in [4.78, 5) is 0. The number of aryl methyl sites for hydroxylation is 2. The predicted octanol–water partition coefficient (Wildman–Crippen LogP) is 3.98. The van der Waals surface area contributed by atoms with E-state index in [-0.39, 0.29) is 5.82 Å². The molecule has 0 fully saturated rings. The average Bonchev–Trinajstić information content (AvgIpc) is 2.51. The lowest BCUT2D eigenvalue weighted by Gasteiger charge is -2.13. The highest BCUT2D eigenvalue weighted by molar-refractivity contribution is 7.80. The summed E-state index contributed by atoms with van der Waals surface area (Å²) in [5.41, 5.74) is 3.57. The van der Waals surface area contributed by atoms with Crippen molar-refractivity contribution < 1.29 is 9.13 Å². The standard InChI is InChI=1S/C18H21FN2OS/c1-12-4-7-17(22-3)14(10-12)8-9-20-18(23)21-15-6-5-13(2)16(19)11-15/h4-7,10-11H,8-9H2,1-3H3,(H2,20,21,23). The lowest BCUT2D eigenvalue weighted by Crippen LogP contribution is -2.30. The lowest BCUT2D eigenvalue weighted by molar-refractivity contribution is 0.409. The number of ether oxygens (including phenoxy) is 1. The molecule has 0 heterocycles. The van der Waals surface area contributed by atoms with Crippen LogP contribution in [0.4, 0.5) is 10.1 Å². The first kappa shape index (κ1) is 17.2. The summed E-state index contributed by atoms with van der Waals surface area (Å²) in [6.07, 6.45) is 0.787. The number of nitrogens with one attached hydrogen (secondary N) is 2. The molecule has 0 aliphatic carbocycles. The van der Waals surface area contributed by atoms with E-state index >= 15 is 0 Å². The van der Waals surface area contributed by atoms with Gasteiger partial charge >= 0.3 is 0 Å². The van der Waals surface area contributed by atoms with Crippen LogP contribution in [0.15, 0.2) is 36.4 Å². The normalized spacial score (nSPS) is 10.3. The van der Waals surface area contributed by atoms with Crippen LogP contribution in [0.2, 0.25) is 0 Å². The van der Waals surface area contributed by atoms with Gasteiger partial charge in [-0.3, -0.25) is 0 Å². The molecule has 3 nitrogen and oxygen atoms in total. The summed E-state index contributed by atoms with van der Waals surface area (Å²) in [6, 6.07) is 11.1. The molecule has 0 aliphatic rings. The minimum atomic E-state index is -0.248. The Morgan fingerprint density at radius 1 is 1.17 bits per heavy atom. The quantitative estimate of drug-likeness (QED) is 0.812. The Kier molecular flexibility index (Phi) is 5.93. The Balaban J connectivity index is 1.87. The Hall–Kier alpha value is -2.14. The zero-order valence-corrected chi connectivity index (χ0v) is 14.4. The van der Waals surface area contributed by atoms with Gasteiger partial charge in [0.05, 0.1) is 7.11 Å². The molecule has 0 spiro atoms. The van der Waals surface area contributed by atoms with Crippen molar-refractivity contribution in [2.24, 2.45) is 0 Å². The van der Waals surface area contributed by atoms with Gasteiger partial charge in [-0.05, 0) is 61.8 Å². The van der Waals surface area contributed by atoms with Gasteiger partial charge in [0.15, 0.2) is 5.11 Å². The molecule has 23 heavy (non-hydrogen) atoms. The smallest absolute Gasteiger partial charge is 0.170 e. The largest absolute Gasteiger partial charge is 0.496 e. The molecule has 2 aromatic rings. The van der Waals surface area contributed by atoms with Crippen molar-refractivity contribution in [2.45, 2.75) is 20.3 Å². The van der Waals surface area contributed by atoms with E-state index in [1.54, 1.807) is 26.2 Å². The molecule has 122 valence electrons. The van der Waals surface area contributed by atoms with E-state index in [9.17, 15) is 4.39 Å². The summed E-state index contributed by atoms with van der Waals surface area (Å²) < 4.78 is 18.9. The highest BCUT2D eigenvalue weighted by Crippen LogP contribution is 2.19. The molecule has 0 atom stereocenters. The summed E-state index contributed by atoms with van der Waals surface area (Å²) in [6.45, 7) is 4.44. The van der Waals surface area contributed by atoms with Crippen molar-refractivity contribution in [3.8, 4) is 5.75 Å². The number of methoxy groups -OCH3 is 1. The SMILES string of the molecule is COc1ccc(C)cc1CCNC(=S)Nc1ccc(C)c(F)c1. The fraction of sp³-hybridized carbons (Fsp3) is 0.278. The van der Waals surface area contributed by atoms with Crippen LogP contribution in [-0.4, -0.2) is 18.8 Å². The fourth-order valence-corrected chi connectivity index (χ4v) is 2.48. The first-order valence-electron chi connectivity index (χ1n) is 7.44. The summed E-state index contributed by atoms with van der Waals surface area (Å²) >= 11 is 5.24. The van der Waals surface area contributed by atoms with Crippen molar-refractivity contribution >= 4 is 23.0 Å². The van der Waals surface area contributed by atoms with Crippen LogP contribution in [-0.2, 0) is 6.42 Å². The average molecular weight is 332 g/mol. The fourth-order valence-electron chi connectivity index (χ4n) is 2.26. The van der Waals surface area contributed by atoms with Gasteiger partial charge < -0.3 is 15.4 Å². The second kappa shape index (κ2) is 7.92. The van der Waals surface area contributed by atoms with Gasteiger partial charge in [0.25, 0.3) is 0 Å². The van der Waals surface area contributed by atoms with Crippen LogP contribution < -0.4 is 15.4 Å². The number of hydrogen-bond donors (Lipinski definition) is 2. The molecule has 2 aromatic carbocycles. The molecule has 0 saturated heterocycles. The van der Waals surface area contributed by atoms with Crippen molar-refractivity contribution in [1.82, 2.24) is 5.32 Å². The Morgan fingerprint density at radius 3 is 2.65 bits per heavy atom. The third kappa shape index (κ3) is 4.93. The molecule has 0 saturated carbocycles. The Morgan fingerprint density at radius 2 is 1.96 bits per heavy atom. The third-order valence-electron chi connectivity index (χ3n) is 3.55. The minimum Gasteiger partial charge on any atom is -0.496 e. The van der Waals surface area contributed by atoms with E-state index in [1.807, 2.05) is 12.1 Å². The number of benzene rings is 2. The number of rotatable bonds is 5. The van der Waals surface area contributed by atoms with Crippen LogP contribution in [0.3, 0.4) is 0 Å². The van der Waals surface area contributed by atoms with Gasteiger partial charge in [-0.25, -0.2) is 4.39 Å². The van der Waals surface area contributed by atoms with Gasteiger partial charge in [0, 0.05) is 12.2 Å². The van der Waals surface area contributed by atoms with E-state index in [4.69, 9.17) is 17.0 Å². The highest BCUT2D eigenvalue weighted by atomic mass is 32.1. The molecule has 2 rings (SSSR count). The van der Waals surface area contributed by atoms with E-state index in [0.29, 0.717) is 22.9 Å². The van der Waals surface area contributed by atoms with Crippen LogP contribution in [0.1, 0.15) is 16.7 Å². The number of halogens is 1. The van der Waals surface area contributed by atoms with E-state index in [2.05, 4.69) is 23.6 Å². The van der Waals surface area contributed by atoms with Crippen LogP contribution in [0.5, 0.6) is 5.75 Å². The predicted molar refractivity (Wildman–Crippen MR) is 96.8 cm³/mol. The van der Waals surface area contributed by atoms with Gasteiger partial charge in [0.2, 0.25) is 0 Å². The molecule has 0 bridgehead atoms.